The summed E-state index contributed by atoms with van der Waals surface area (Å²) < 4.78 is 5.92. The van der Waals surface area contributed by atoms with E-state index in [1.165, 1.54) is 5.57 Å². The molecule has 0 radical (unpaired) electrons. The van der Waals surface area contributed by atoms with E-state index in [9.17, 15) is 9.59 Å². The number of Topliss-reactive ketones (excluding diaryl/α,β-unsaturated/α-hetero) is 1. The fourth-order valence-electron chi connectivity index (χ4n) is 5.88. The molecule has 3 rings (SSSR count). The molecule has 30 heavy (non-hydrogen) atoms. The number of hydrogen-bond donors (Lipinski definition) is 1. The van der Waals surface area contributed by atoms with Crippen LogP contribution in [0.25, 0.3) is 0 Å². The van der Waals surface area contributed by atoms with Crippen molar-refractivity contribution >= 4 is 11.7 Å². The zero-order chi connectivity index (χ0) is 22.1. The third kappa shape index (κ3) is 4.49. The van der Waals surface area contributed by atoms with Crippen LogP contribution in [0.5, 0.6) is 0 Å². The number of fused-ring (bicyclic) bond motifs is 1. The molecule has 2 unspecified atom stereocenters. The molecule has 1 N–H and O–H groups in total. The zero-order valence-electron chi connectivity index (χ0n) is 19.5. The van der Waals surface area contributed by atoms with Gasteiger partial charge in [-0.25, -0.2) is 0 Å². The minimum atomic E-state index is -0.890. The molecule has 166 valence electrons. The summed E-state index contributed by atoms with van der Waals surface area (Å²) in [6, 6.07) is 0. The Morgan fingerprint density at radius 1 is 1.30 bits per heavy atom. The quantitative estimate of drug-likeness (QED) is 0.354. The van der Waals surface area contributed by atoms with Crippen molar-refractivity contribution in [3.63, 3.8) is 0 Å². The van der Waals surface area contributed by atoms with Crippen LogP contribution in [0.2, 0.25) is 0 Å². The highest BCUT2D eigenvalue weighted by molar-refractivity contribution is 6.22. The minimum absolute atomic E-state index is 0.0118. The summed E-state index contributed by atoms with van der Waals surface area (Å²) in [7, 11) is 0. The summed E-state index contributed by atoms with van der Waals surface area (Å²) in [6.07, 6.45) is 12.6. The van der Waals surface area contributed by atoms with Crippen LogP contribution in [0.1, 0.15) is 67.2 Å². The molecule has 4 nitrogen and oxygen atoms in total. The Labute approximate surface area is 182 Å². The number of ether oxygens (including phenoxy) is 1. The van der Waals surface area contributed by atoms with Crippen LogP contribution in [-0.2, 0) is 14.3 Å². The van der Waals surface area contributed by atoms with Gasteiger partial charge in [-0.3, -0.25) is 9.59 Å². The predicted octanol–water partition coefficient (Wildman–Crippen LogP) is 5.21. The fraction of sp³-hybridized carbons (Fsp3) is 0.692. The zero-order valence-corrected chi connectivity index (χ0v) is 19.5. The minimum Gasteiger partial charge on any atom is -0.352 e. The largest absolute Gasteiger partial charge is 0.352 e. The van der Waals surface area contributed by atoms with E-state index in [1.807, 2.05) is 13.8 Å². The molecular formula is C26H39NO3. The van der Waals surface area contributed by atoms with E-state index in [0.29, 0.717) is 24.4 Å². The number of amides is 1. The Bertz CT molecular complexity index is 764. The molecule has 0 aromatic heterocycles. The number of allylic oxidation sites excluding steroid dienone is 4. The van der Waals surface area contributed by atoms with E-state index in [0.717, 1.165) is 25.7 Å². The Morgan fingerprint density at radius 3 is 2.70 bits per heavy atom. The number of unbranched alkanes of at least 4 members (excludes halogenated alkanes) is 1. The summed E-state index contributed by atoms with van der Waals surface area (Å²) in [4.78, 5) is 26.7. The molecule has 7 atom stereocenters. The highest BCUT2D eigenvalue weighted by atomic mass is 16.5. The summed E-state index contributed by atoms with van der Waals surface area (Å²) in [6.45, 7) is 13.2. The van der Waals surface area contributed by atoms with E-state index in [1.54, 1.807) is 6.08 Å². The molecule has 0 bridgehead atoms. The lowest BCUT2D eigenvalue weighted by Gasteiger charge is -2.47. The number of hydrogen-bond acceptors (Lipinski definition) is 3. The summed E-state index contributed by atoms with van der Waals surface area (Å²) in [5, 5.41) is 2.90. The molecule has 1 aliphatic heterocycles. The lowest BCUT2D eigenvalue weighted by Crippen LogP contribution is -2.45. The van der Waals surface area contributed by atoms with Gasteiger partial charge in [-0.1, -0.05) is 51.0 Å². The maximum Gasteiger partial charge on any atom is 0.257 e. The molecule has 3 aliphatic rings. The summed E-state index contributed by atoms with van der Waals surface area (Å²) >= 11 is 0. The number of carbonyl (C=O) groups is 2. The Balaban J connectivity index is 1.94. The van der Waals surface area contributed by atoms with Gasteiger partial charge < -0.3 is 10.1 Å². The van der Waals surface area contributed by atoms with Gasteiger partial charge in [0.15, 0.2) is 11.5 Å². The van der Waals surface area contributed by atoms with Crippen LogP contribution in [0.3, 0.4) is 0 Å². The molecule has 1 fully saturated rings. The first-order chi connectivity index (χ1) is 14.2. The second kappa shape index (κ2) is 9.21. The van der Waals surface area contributed by atoms with E-state index in [4.69, 9.17) is 4.74 Å². The Kier molecular flexibility index (Phi) is 7.06. The van der Waals surface area contributed by atoms with E-state index in [2.05, 4.69) is 51.2 Å². The van der Waals surface area contributed by atoms with Crippen LogP contribution >= 0.6 is 0 Å². The van der Waals surface area contributed by atoms with Gasteiger partial charge in [0.05, 0.1) is 5.57 Å². The molecule has 1 heterocycles. The molecule has 0 saturated heterocycles. The van der Waals surface area contributed by atoms with Gasteiger partial charge in [0, 0.05) is 18.4 Å². The van der Waals surface area contributed by atoms with Gasteiger partial charge in [-0.05, 0) is 69.8 Å². The monoisotopic (exact) mass is 413 g/mol. The van der Waals surface area contributed by atoms with Crippen molar-refractivity contribution in [1.82, 2.24) is 5.32 Å². The van der Waals surface area contributed by atoms with Crippen molar-refractivity contribution in [2.24, 2.45) is 35.5 Å². The smallest absolute Gasteiger partial charge is 0.257 e. The van der Waals surface area contributed by atoms with Crippen LogP contribution < -0.4 is 5.32 Å². The number of nitrogens with one attached hydrogen (secondary N) is 1. The Morgan fingerprint density at radius 2 is 2.03 bits per heavy atom. The van der Waals surface area contributed by atoms with E-state index < -0.39 is 5.72 Å². The Hall–Kier alpha value is -1.68. The SMILES string of the molecule is C/C=C(\C)[C@@H]1C=C[C@@H]2C[C@H](C)C[C@H](C)C2[C@@H]1C(=O)C1=CC(C)(OCCCC)NC1=O. The van der Waals surface area contributed by atoms with E-state index >= 15 is 0 Å². The van der Waals surface area contributed by atoms with Crippen LogP contribution in [0.15, 0.2) is 35.5 Å². The second-order valence-electron chi connectivity index (χ2n) is 9.95. The average molecular weight is 414 g/mol. The summed E-state index contributed by atoms with van der Waals surface area (Å²) in [5.74, 6) is 1.39. The molecule has 1 saturated carbocycles. The van der Waals surface area contributed by atoms with Gasteiger partial charge in [0.25, 0.3) is 5.91 Å². The predicted molar refractivity (Wildman–Crippen MR) is 121 cm³/mol. The highest BCUT2D eigenvalue weighted by Gasteiger charge is 2.49. The topological polar surface area (TPSA) is 55.4 Å². The first-order valence-corrected chi connectivity index (χ1v) is 11.7. The van der Waals surface area contributed by atoms with Crippen LogP contribution in [0.4, 0.5) is 0 Å². The maximum absolute atomic E-state index is 13.9. The fourth-order valence-corrected chi connectivity index (χ4v) is 5.88. The molecule has 0 spiro atoms. The number of rotatable bonds is 7. The molecular weight excluding hydrogens is 374 g/mol. The van der Waals surface area contributed by atoms with Crippen molar-refractivity contribution < 1.29 is 14.3 Å². The van der Waals surface area contributed by atoms with Crippen LogP contribution in [-0.4, -0.2) is 24.0 Å². The number of ketones is 1. The van der Waals surface area contributed by atoms with E-state index in [-0.39, 0.29) is 35.0 Å². The van der Waals surface area contributed by atoms with Gasteiger partial charge >= 0.3 is 0 Å². The number of carbonyl (C=O) groups excluding carboxylic acids is 2. The van der Waals surface area contributed by atoms with Crippen molar-refractivity contribution in [1.29, 1.82) is 0 Å². The summed E-state index contributed by atoms with van der Waals surface area (Å²) in [5.41, 5.74) is 0.599. The third-order valence-electron chi connectivity index (χ3n) is 7.44. The molecule has 0 aromatic rings. The molecule has 1 amide bonds. The van der Waals surface area contributed by atoms with Crippen LogP contribution in [0, 0.1) is 35.5 Å². The highest BCUT2D eigenvalue weighted by Crippen LogP contribution is 2.50. The lowest BCUT2D eigenvalue weighted by atomic mass is 9.56. The van der Waals surface area contributed by atoms with Gasteiger partial charge in [0.2, 0.25) is 0 Å². The van der Waals surface area contributed by atoms with Gasteiger partial charge in [0.1, 0.15) is 0 Å². The molecule has 0 aromatic carbocycles. The van der Waals surface area contributed by atoms with Crippen molar-refractivity contribution in [3.05, 3.63) is 35.5 Å². The third-order valence-corrected chi connectivity index (χ3v) is 7.44. The lowest BCUT2D eigenvalue weighted by molar-refractivity contribution is -0.129. The molecule has 2 aliphatic carbocycles. The average Bonchev–Trinajstić information content (AvgIpc) is 3.00. The van der Waals surface area contributed by atoms with Crippen molar-refractivity contribution in [3.8, 4) is 0 Å². The first-order valence-electron chi connectivity index (χ1n) is 11.7. The van der Waals surface area contributed by atoms with Crippen molar-refractivity contribution in [2.75, 3.05) is 6.61 Å². The van der Waals surface area contributed by atoms with Gasteiger partial charge in [-0.15, -0.1) is 0 Å². The first kappa shape index (κ1) is 23.0. The normalized spacial score (nSPS) is 38.8. The second-order valence-corrected chi connectivity index (χ2v) is 9.95. The van der Waals surface area contributed by atoms with Gasteiger partial charge in [-0.2, -0.15) is 0 Å². The molecule has 4 heteroatoms. The van der Waals surface area contributed by atoms with Crippen molar-refractivity contribution in [2.45, 2.75) is 73.0 Å². The maximum atomic E-state index is 13.9. The standard InChI is InChI=1S/C26H39NO3/c1-7-9-12-30-26(6)15-21(25(29)27-26)24(28)23-20(17(4)8-2)11-10-19-14-16(3)13-18(5)22(19)23/h8,10-11,15-16,18-20,22-23H,7,9,12-14H2,1-6H3,(H,27,29)/b17-8+/t16-,18+,19-,20+,22?,23-,26?/m1/s1.